The van der Waals surface area contributed by atoms with E-state index in [-0.39, 0.29) is 0 Å². The molecule has 0 radical (unpaired) electrons. The molecule has 0 aromatic heterocycles. The van der Waals surface area contributed by atoms with Gasteiger partial charge in [0.25, 0.3) is 0 Å². The topological polar surface area (TPSA) is 15.3 Å². The third kappa shape index (κ3) is 7.94. The van der Waals surface area contributed by atoms with Gasteiger partial charge in [0.2, 0.25) is 0 Å². The van der Waals surface area contributed by atoms with E-state index in [0.717, 1.165) is 19.0 Å². The quantitative estimate of drug-likeness (QED) is 0.606. The Morgan fingerprint density at radius 3 is 2.16 bits per heavy atom. The first-order valence-electron chi connectivity index (χ1n) is 8.33. The SMILES string of the molecule is CCCC(C)(CNCC(C)C)CN(CC)C(C)CC. The molecule has 0 bridgehead atoms. The largest absolute Gasteiger partial charge is 0.316 e. The summed E-state index contributed by atoms with van der Waals surface area (Å²) in [5.74, 6) is 0.739. The monoisotopic (exact) mass is 270 g/mol. The van der Waals surface area contributed by atoms with E-state index in [1.165, 1.54) is 32.4 Å². The predicted molar refractivity (Wildman–Crippen MR) is 87.7 cm³/mol. The van der Waals surface area contributed by atoms with E-state index < -0.39 is 0 Å². The van der Waals surface area contributed by atoms with Gasteiger partial charge in [-0.2, -0.15) is 0 Å². The van der Waals surface area contributed by atoms with Gasteiger partial charge in [-0.25, -0.2) is 0 Å². The zero-order valence-electron chi connectivity index (χ0n) is 14.6. The van der Waals surface area contributed by atoms with E-state index in [2.05, 4.69) is 58.7 Å². The Bertz CT molecular complexity index is 215. The van der Waals surface area contributed by atoms with E-state index in [1.54, 1.807) is 0 Å². The first kappa shape index (κ1) is 18.9. The third-order valence-electron chi connectivity index (χ3n) is 4.16. The molecule has 0 saturated heterocycles. The maximum atomic E-state index is 3.67. The Morgan fingerprint density at radius 1 is 1.11 bits per heavy atom. The van der Waals surface area contributed by atoms with Gasteiger partial charge in [-0.05, 0) is 44.2 Å². The van der Waals surface area contributed by atoms with E-state index in [9.17, 15) is 0 Å². The molecule has 0 aromatic carbocycles. The molecular weight excluding hydrogens is 232 g/mol. The lowest BCUT2D eigenvalue weighted by Crippen LogP contribution is -2.45. The van der Waals surface area contributed by atoms with Crippen LogP contribution in [-0.4, -0.2) is 37.1 Å². The Labute approximate surface area is 122 Å². The summed E-state index contributed by atoms with van der Waals surface area (Å²) in [6, 6.07) is 0.700. The summed E-state index contributed by atoms with van der Waals surface area (Å²) >= 11 is 0. The van der Waals surface area contributed by atoms with E-state index in [4.69, 9.17) is 0 Å². The van der Waals surface area contributed by atoms with Gasteiger partial charge in [-0.3, -0.25) is 0 Å². The van der Waals surface area contributed by atoms with Crippen LogP contribution in [0.15, 0.2) is 0 Å². The lowest BCUT2D eigenvalue weighted by molar-refractivity contribution is 0.118. The van der Waals surface area contributed by atoms with Crippen molar-refractivity contribution in [3.05, 3.63) is 0 Å². The van der Waals surface area contributed by atoms with Crippen molar-refractivity contribution in [3.8, 4) is 0 Å². The van der Waals surface area contributed by atoms with Crippen LogP contribution < -0.4 is 5.32 Å². The minimum atomic E-state index is 0.406. The van der Waals surface area contributed by atoms with Crippen molar-refractivity contribution < 1.29 is 0 Å². The van der Waals surface area contributed by atoms with Gasteiger partial charge >= 0.3 is 0 Å². The fraction of sp³-hybridized carbons (Fsp3) is 1.00. The van der Waals surface area contributed by atoms with Crippen LogP contribution in [0.25, 0.3) is 0 Å². The smallest absolute Gasteiger partial charge is 0.00644 e. The second-order valence-corrected chi connectivity index (χ2v) is 6.91. The summed E-state index contributed by atoms with van der Waals surface area (Å²) < 4.78 is 0. The second kappa shape index (κ2) is 9.77. The first-order valence-corrected chi connectivity index (χ1v) is 8.33. The first-order chi connectivity index (χ1) is 8.88. The van der Waals surface area contributed by atoms with Crippen molar-refractivity contribution in [2.45, 2.75) is 73.8 Å². The standard InChI is InChI=1S/C17H38N2/c1-8-11-17(7,13-18-12-15(4)5)14-19(10-3)16(6)9-2/h15-16,18H,8-14H2,1-7H3. The van der Waals surface area contributed by atoms with Crippen LogP contribution in [-0.2, 0) is 0 Å². The van der Waals surface area contributed by atoms with E-state index in [0.29, 0.717) is 11.5 Å². The molecule has 116 valence electrons. The molecule has 1 N–H and O–H groups in total. The van der Waals surface area contributed by atoms with Gasteiger partial charge < -0.3 is 10.2 Å². The number of hydrogen-bond donors (Lipinski definition) is 1. The molecule has 0 rings (SSSR count). The highest BCUT2D eigenvalue weighted by Gasteiger charge is 2.27. The van der Waals surface area contributed by atoms with Gasteiger partial charge in [0.05, 0.1) is 0 Å². The highest BCUT2D eigenvalue weighted by molar-refractivity contribution is 4.82. The zero-order valence-corrected chi connectivity index (χ0v) is 14.6. The summed E-state index contributed by atoms with van der Waals surface area (Å²) in [7, 11) is 0. The molecule has 0 aliphatic heterocycles. The van der Waals surface area contributed by atoms with Crippen LogP contribution in [0.3, 0.4) is 0 Å². The fourth-order valence-electron chi connectivity index (χ4n) is 2.82. The number of nitrogens with zero attached hydrogens (tertiary/aromatic N) is 1. The molecule has 0 aliphatic rings. The number of rotatable bonds is 11. The third-order valence-corrected chi connectivity index (χ3v) is 4.16. The summed E-state index contributed by atoms with van der Waals surface area (Å²) in [4.78, 5) is 2.65. The number of hydrogen-bond acceptors (Lipinski definition) is 2. The predicted octanol–water partition coefficient (Wildman–Crippen LogP) is 4.16. The van der Waals surface area contributed by atoms with Crippen molar-refractivity contribution in [1.29, 1.82) is 0 Å². The molecule has 0 aromatic rings. The van der Waals surface area contributed by atoms with Gasteiger partial charge in [-0.1, -0.05) is 48.0 Å². The molecule has 2 unspecified atom stereocenters. The van der Waals surface area contributed by atoms with Crippen molar-refractivity contribution >= 4 is 0 Å². The molecule has 2 nitrogen and oxygen atoms in total. The van der Waals surface area contributed by atoms with Gasteiger partial charge in [0.15, 0.2) is 0 Å². The van der Waals surface area contributed by atoms with Gasteiger partial charge in [-0.15, -0.1) is 0 Å². The molecule has 0 spiro atoms. The molecule has 0 heterocycles. The Kier molecular flexibility index (Phi) is 9.72. The van der Waals surface area contributed by atoms with Gasteiger partial charge in [0.1, 0.15) is 0 Å². The van der Waals surface area contributed by atoms with E-state index in [1.807, 2.05) is 0 Å². The maximum Gasteiger partial charge on any atom is 0.00644 e. The fourth-order valence-corrected chi connectivity index (χ4v) is 2.82. The van der Waals surface area contributed by atoms with Gasteiger partial charge in [0, 0.05) is 19.1 Å². The lowest BCUT2D eigenvalue weighted by atomic mass is 9.84. The second-order valence-electron chi connectivity index (χ2n) is 6.91. The molecule has 19 heavy (non-hydrogen) atoms. The van der Waals surface area contributed by atoms with Crippen LogP contribution in [0.2, 0.25) is 0 Å². The van der Waals surface area contributed by atoms with Crippen LogP contribution in [0.1, 0.15) is 67.7 Å². The summed E-state index contributed by atoms with van der Waals surface area (Å²) in [5.41, 5.74) is 0.406. The van der Waals surface area contributed by atoms with Crippen LogP contribution >= 0.6 is 0 Å². The average Bonchev–Trinajstić information content (AvgIpc) is 2.35. The normalized spacial score (nSPS) is 16.9. The van der Waals surface area contributed by atoms with E-state index >= 15 is 0 Å². The van der Waals surface area contributed by atoms with Crippen molar-refractivity contribution in [1.82, 2.24) is 10.2 Å². The molecule has 0 saturated carbocycles. The Hall–Kier alpha value is -0.0800. The van der Waals surface area contributed by atoms with Crippen molar-refractivity contribution in [2.24, 2.45) is 11.3 Å². The molecule has 0 aliphatic carbocycles. The van der Waals surface area contributed by atoms with Crippen molar-refractivity contribution in [2.75, 3.05) is 26.2 Å². The summed E-state index contributed by atoms with van der Waals surface area (Å²) in [6.07, 6.45) is 3.83. The molecular formula is C17H38N2. The minimum Gasteiger partial charge on any atom is -0.316 e. The Morgan fingerprint density at radius 2 is 1.74 bits per heavy atom. The summed E-state index contributed by atoms with van der Waals surface area (Å²) in [5, 5.41) is 3.67. The average molecular weight is 271 g/mol. The van der Waals surface area contributed by atoms with Crippen LogP contribution in [0.4, 0.5) is 0 Å². The highest BCUT2D eigenvalue weighted by atomic mass is 15.2. The van der Waals surface area contributed by atoms with Crippen LogP contribution in [0.5, 0.6) is 0 Å². The molecule has 2 heteroatoms. The summed E-state index contributed by atoms with van der Waals surface area (Å²) in [6.45, 7) is 20.9. The molecule has 0 fully saturated rings. The van der Waals surface area contributed by atoms with Crippen molar-refractivity contribution in [3.63, 3.8) is 0 Å². The molecule has 2 atom stereocenters. The molecule has 0 amide bonds. The Balaban J connectivity index is 4.48. The zero-order chi connectivity index (χ0) is 14.9. The van der Waals surface area contributed by atoms with Crippen LogP contribution in [0, 0.1) is 11.3 Å². The lowest BCUT2D eigenvalue weighted by Gasteiger charge is -2.38. The maximum absolute atomic E-state index is 3.67. The number of nitrogens with one attached hydrogen (secondary N) is 1. The minimum absolute atomic E-state index is 0.406. The highest BCUT2D eigenvalue weighted by Crippen LogP contribution is 2.25.